The van der Waals surface area contributed by atoms with Crippen LogP contribution in [0.1, 0.15) is 23.1 Å². The monoisotopic (exact) mass is 429 g/mol. The molecule has 3 aromatic carbocycles. The number of carboxylic acids is 1. The first-order valence-electron chi connectivity index (χ1n) is 10.2. The minimum absolute atomic E-state index is 0.0251. The molecule has 0 aliphatic rings. The molecule has 1 aromatic heterocycles. The first kappa shape index (κ1) is 21.2. The molecule has 4 aromatic rings. The predicted molar refractivity (Wildman–Crippen MR) is 119 cm³/mol. The number of hydrogen-bond donors (Lipinski definition) is 3. The SMILES string of the molecule is NN(C(=O)CCc1ccccc1)[C@@](Cc1ccccc1)(C(=O)O)c1cccc2n[nH]nc12. The van der Waals surface area contributed by atoms with Crippen molar-refractivity contribution in [2.45, 2.75) is 24.8 Å². The van der Waals surface area contributed by atoms with Gasteiger partial charge in [0.25, 0.3) is 0 Å². The summed E-state index contributed by atoms with van der Waals surface area (Å²) in [6.07, 6.45) is 0.490. The average molecular weight is 429 g/mol. The lowest BCUT2D eigenvalue weighted by atomic mass is 9.82. The number of H-pyrrole nitrogens is 1. The van der Waals surface area contributed by atoms with Gasteiger partial charge in [-0.3, -0.25) is 9.80 Å². The van der Waals surface area contributed by atoms with Crippen LogP contribution in [-0.2, 0) is 28.0 Å². The van der Waals surface area contributed by atoms with Crippen molar-refractivity contribution in [3.05, 3.63) is 95.6 Å². The first-order valence-corrected chi connectivity index (χ1v) is 10.2. The van der Waals surface area contributed by atoms with Crippen LogP contribution in [0.2, 0.25) is 0 Å². The van der Waals surface area contributed by atoms with Crippen molar-refractivity contribution in [3.63, 3.8) is 0 Å². The third-order valence-electron chi connectivity index (χ3n) is 5.60. The fourth-order valence-corrected chi connectivity index (χ4v) is 3.93. The van der Waals surface area contributed by atoms with E-state index in [0.717, 1.165) is 16.1 Å². The Labute approximate surface area is 184 Å². The molecule has 0 fully saturated rings. The number of hydrogen-bond acceptors (Lipinski definition) is 5. The van der Waals surface area contributed by atoms with Crippen molar-refractivity contribution in [3.8, 4) is 0 Å². The Morgan fingerprint density at radius 2 is 1.56 bits per heavy atom. The Morgan fingerprint density at radius 3 is 2.22 bits per heavy atom. The maximum atomic E-state index is 13.2. The number of carbonyl (C=O) groups is 2. The van der Waals surface area contributed by atoms with Gasteiger partial charge in [-0.1, -0.05) is 72.8 Å². The van der Waals surface area contributed by atoms with E-state index in [-0.39, 0.29) is 12.8 Å². The van der Waals surface area contributed by atoms with E-state index in [4.69, 9.17) is 5.84 Å². The zero-order valence-electron chi connectivity index (χ0n) is 17.3. The number of fused-ring (bicyclic) bond motifs is 1. The summed E-state index contributed by atoms with van der Waals surface area (Å²) < 4.78 is 0. The number of nitrogens with zero attached hydrogens (tertiary/aromatic N) is 3. The van der Waals surface area contributed by atoms with Gasteiger partial charge in [0, 0.05) is 18.4 Å². The van der Waals surface area contributed by atoms with Crippen LogP contribution < -0.4 is 5.84 Å². The highest BCUT2D eigenvalue weighted by atomic mass is 16.4. The zero-order chi connectivity index (χ0) is 22.6. The van der Waals surface area contributed by atoms with Crippen LogP contribution in [-0.4, -0.2) is 37.4 Å². The summed E-state index contributed by atoms with van der Waals surface area (Å²) in [5.74, 6) is 4.62. The number of hydrazine groups is 1. The molecule has 4 rings (SSSR count). The van der Waals surface area contributed by atoms with E-state index in [1.807, 2.05) is 60.7 Å². The maximum absolute atomic E-state index is 13.2. The molecule has 0 unspecified atom stereocenters. The Morgan fingerprint density at radius 1 is 0.906 bits per heavy atom. The van der Waals surface area contributed by atoms with Gasteiger partial charge in [0.15, 0.2) is 5.54 Å². The molecule has 32 heavy (non-hydrogen) atoms. The van der Waals surface area contributed by atoms with Crippen molar-refractivity contribution in [1.82, 2.24) is 20.4 Å². The lowest BCUT2D eigenvalue weighted by Gasteiger charge is -2.38. The highest BCUT2D eigenvalue weighted by Gasteiger charge is 2.49. The van der Waals surface area contributed by atoms with E-state index in [1.165, 1.54) is 0 Å². The summed E-state index contributed by atoms with van der Waals surface area (Å²) in [6, 6.07) is 23.6. The van der Waals surface area contributed by atoms with Gasteiger partial charge in [-0.25, -0.2) is 10.6 Å². The molecule has 0 aliphatic heterocycles. The number of aliphatic carboxylic acids is 1. The summed E-state index contributed by atoms with van der Waals surface area (Å²) in [5, 5.41) is 22.1. The van der Waals surface area contributed by atoms with Crippen LogP contribution in [0.4, 0.5) is 0 Å². The number of aromatic nitrogens is 3. The van der Waals surface area contributed by atoms with E-state index in [1.54, 1.807) is 18.2 Å². The minimum Gasteiger partial charge on any atom is -0.479 e. The molecule has 0 aliphatic carbocycles. The number of aromatic amines is 1. The molecule has 0 saturated carbocycles. The van der Waals surface area contributed by atoms with Crippen molar-refractivity contribution in [1.29, 1.82) is 0 Å². The molecule has 1 amide bonds. The zero-order valence-corrected chi connectivity index (χ0v) is 17.3. The third-order valence-corrected chi connectivity index (χ3v) is 5.60. The molecule has 0 bridgehead atoms. The number of carbonyl (C=O) groups excluding carboxylic acids is 1. The fraction of sp³-hybridized carbons (Fsp3) is 0.167. The second-order valence-electron chi connectivity index (χ2n) is 7.57. The molecule has 0 spiro atoms. The van der Waals surface area contributed by atoms with Crippen LogP contribution in [0.5, 0.6) is 0 Å². The summed E-state index contributed by atoms with van der Waals surface area (Å²) in [4.78, 5) is 26.1. The van der Waals surface area contributed by atoms with Gasteiger partial charge < -0.3 is 5.11 Å². The minimum atomic E-state index is -1.87. The van der Waals surface area contributed by atoms with Crippen molar-refractivity contribution < 1.29 is 14.7 Å². The van der Waals surface area contributed by atoms with Gasteiger partial charge in [0.05, 0.1) is 0 Å². The molecule has 0 radical (unpaired) electrons. The number of benzene rings is 3. The average Bonchev–Trinajstić information content (AvgIpc) is 3.31. The number of rotatable bonds is 8. The van der Waals surface area contributed by atoms with Gasteiger partial charge in [-0.2, -0.15) is 15.4 Å². The predicted octanol–water partition coefficient (Wildman–Crippen LogP) is 2.82. The molecule has 1 heterocycles. The highest BCUT2D eigenvalue weighted by molar-refractivity contribution is 5.93. The third kappa shape index (κ3) is 3.95. The van der Waals surface area contributed by atoms with E-state index < -0.39 is 17.4 Å². The van der Waals surface area contributed by atoms with E-state index >= 15 is 0 Å². The number of amides is 1. The second-order valence-corrected chi connectivity index (χ2v) is 7.57. The van der Waals surface area contributed by atoms with E-state index in [9.17, 15) is 14.7 Å². The molecule has 1 atom stereocenters. The number of carboxylic acid groups (broad SMARTS) is 1. The van der Waals surface area contributed by atoms with Gasteiger partial charge in [-0.15, -0.1) is 0 Å². The Kier molecular flexibility index (Phi) is 5.96. The van der Waals surface area contributed by atoms with Gasteiger partial charge in [0.2, 0.25) is 5.91 Å². The Balaban J connectivity index is 1.78. The topological polar surface area (TPSA) is 125 Å². The first-order chi connectivity index (χ1) is 15.5. The normalized spacial score (nSPS) is 12.9. The molecular weight excluding hydrogens is 406 g/mol. The standard InChI is InChI=1S/C24H23N5O3/c25-29(21(30)15-14-17-8-3-1-4-9-17)24(23(31)32,16-18-10-5-2-6-11-18)19-12-7-13-20-22(19)27-28-26-20/h1-13H,14-16,25H2,(H,31,32)(H,26,27,28)/t24-/m1/s1. The molecule has 8 nitrogen and oxygen atoms in total. The number of nitrogens with two attached hydrogens (primary N) is 1. The molecule has 4 N–H and O–H groups in total. The van der Waals surface area contributed by atoms with Crippen LogP contribution in [0.3, 0.4) is 0 Å². The van der Waals surface area contributed by atoms with Crippen LogP contribution in [0.25, 0.3) is 11.0 Å². The number of aryl methyl sites for hydroxylation is 1. The van der Waals surface area contributed by atoms with Gasteiger partial charge >= 0.3 is 5.97 Å². The van der Waals surface area contributed by atoms with Crippen molar-refractivity contribution in [2.75, 3.05) is 0 Å². The summed E-state index contributed by atoms with van der Waals surface area (Å²) in [7, 11) is 0. The molecule has 162 valence electrons. The number of para-hydroxylation sites is 1. The van der Waals surface area contributed by atoms with Crippen LogP contribution in [0, 0.1) is 0 Å². The van der Waals surface area contributed by atoms with E-state index in [2.05, 4.69) is 15.4 Å². The molecular formula is C24H23N5O3. The van der Waals surface area contributed by atoms with Crippen molar-refractivity contribution >= 4 is 22.9 Å². The maximum Gasteiger partial charge on any atom is 0.336 e. The Bertz CT molecular complexity index is 1230. The smallest absolute Gasteiger partial charge is 0.336 e. The molecule has 8 heteroatoms. The quantitative estimate of drug-likeness (QED) is 0.225. The lowest BCUT2D eigenvalue weighted by Crippen LogP contribution is -2.59. The van der Waals surface area contributed by atoms with Gasteiger partial charge in [0.1, 0.15) is 11.0 Å². The second kappa shape index (κ2) is 8.99. The number of nitrogens with one attached hydrogen (secondary N) is 1. The summed E-state index contributed by atoms with van der Waals surface area (Å²) >= 11 is 0. The summed E-state index contributed by atoms with van der Waals surface area (Å²) in [5.41, 5.74) is 0.976. The highest BCUT2D eigenvalue weighted by Crippen LogP contribution is 2.35. The molecule has 0 saturated heterocycles. The van der Waals surface area contributed by atoms with Gasteiger partial charge in [-0.05, 0) is 23.6 Å². The fourth-order valence-electron chi connectivity index (χ4n) is 3.93. The van der Waals surface area contributed by atoms with Crippen LogP contribution in [0.15, 0.2) is 78.9 Å². The largest absolute Gasteiger partial charge is 0.479 e. The van der Waals surface area contributed by atoms with Crippen LogP contribution >= 0.6 is 0 Å². The Hall–Kier alpha value is -4.04. The van der Waals surface area contributed by atoms with Crippen molar-refractivity contribution in [2.24, 2.45) is 5.84 Å². The summed E-state index contributed by atoms with van der Waals surface area (Å²) in [6.45, 7) is 0. The lowest BCUT2D eigenvalue weighted by molar-refractivity contribution is -0.161. The van der Waals surface area contributed by atoms with E-state index in [0.29, 0.717) is 23.0 Å².